The molecule has 0 bridgehead atoms. The molecule has 4 aromatic rings. The van der Waals surface area contributed by atoms with Crippen LogP contribution in [0.2, 0.25) is 0 Å². The highest BCUT2D eigenvalue weighted by molar-refractivity contribution is 6.08. The number of benzene rings is 3. The van der Waals surface area contributed by atoms with Gasteiger partial charge in [0.1, 0.15) is 5.75 Å². The summed E-state index contributed by atoms with van der Waals surface area (Å²) in [7, 11) is 0. The SMILES string of the molecule is O=C(COc1ccc(N=Nc2ccccc2)cc1)c1c[nH]c2ccccc12. The lowest BCUT2D eigenvalue weighted by Crippen LogP contribution is -2.11. The number of Topliss-reactive ketones (excluding diaryl/α,β-unsaturated/α-hetero) is 1. The highest BCUT2D eigenvalue weighted by atomic mass is 16.5. The molecular formula is C22H17N3O2. The zero-order chi connectivity index (χ0) is 18.5. The highest BCUT2D eigenvalue weighted by Crippen LogP contribution is 2.22. The number of nitrogens with one attached hydrogen (secondary N) is 1. The van der Waals surface area contributed by atoms with Gasteiger partial charge in [0, 0.05) is 22.7 Å². The summed E-state index contributed by atoms with van der Waals surface area (Å²) in [6, 6.07) is 24.4. The smallest absolute Gasteiger partial charge is 0.202 e. The van der Waals surface area contributed by atoms with Gasteiger partial charge in [0.15, 0.2) is 6.61 Å². The predicted octanol–water partition coefficient (Wildman–Crippen LogP) is 5.85. The van der Waals surface area contributed by atoms with E-state index in [1.54, 1.807) is 30.5 Å². The van der Waals surface area contributed by atoms with Crippen molar-refractivity contribution in [3.63, 3.8) is 0 Å². The Labute approximate surface area is 156 Å². The third-order valence-corrected chi connectivity index (χ3v) is 4.13. The molecule has 3 aromatic carbocycles. The maximum Gasteiger partial charge on any atom is 0.202 e. The Morgan fingerprint density at radius 2 is 1.48 bits per heavy atom. The molecule has 4 rings (SSSR count). The molecular weight excluding hydrogens is 338 g/mol. The maximum absolute atomic E-state index is 12.4. The lowest BCUT2D eigenvalue weighted by atomic mass is 10.1. The van der Waals surface area contributed by atoms with Crippen LogP contribution in [0.15, 0.2) is 95.3 Å². The van der Waals surface area contributed by atoms with Gasteiger partial charge in [-0.3, -0.25) is 4.79 Å². The summed E-state index contributed by atoms with van der Waals surface area (Å²) in [5.41, 5.74) is 3.09. The number of carbonyl (C=O) groups is 1. The number of fused-ring (bicyclic) bond motifs is 1. The molecule has 0 saturated heterocycles. The number of aromatic amines is 1. The van der Waals surface area contributed by atoms with Crippen molar-refractivity contribution in [2.75, 3.05) is 6.61 Å². The average Bonchev–Trinajstić information content (AvgIpc) is 3.16. The van der Waals surface area contributed by atoms with Gasteiger partial charge in [-0.15, -0.1) is 0 Å². The van der Waals surface area contributed by atoms with Crippen molar-refractivity contribution in [2.24, 2.45) is 10.2 Å². The van der Waals surface area contributed by atoms with E-state index in [1.165, 1.54) is 0 Å². The van der Waals surface area contributed by atoms with Crippen LogP contribution < -0.4 is 4.74 Å². The predicted molar refractivity (Wildman–Crippen MR) is 105 cm³/mol. The molecule has 132 valence electrons. The van der Waals surface area contributed by atoms with Gasteiger partial charge in [-0.05, 0) is 42.5 Å². The summed E-state index contributed by atoms with van der Waals surface area (Å²) in [5, 5.41) is 9.26. The van der Waals surface area contributed by atoms with Crippen LogP contribution in [0.1, 0.15) is 10.4 Å². The van der Waals surface area contributed by atoms with Crippen LogP contribution >= 0.6 is 0 Å². The van der Waals surface area contributed by atoms with Gasteiger partial charge in [0.25, 0.3) is 0 Å². The van der Waals surface area contributed by atoms with Gasteiger partial charge in [0.05, 0.1) is 11.4 Å². The first-order valence-corrected chi connectivity index (χ1v) is 8.58. The quantitative estimate of drug-likeness (QED) is 0.348. The minimum Gasteiger partial charge on any atom is -0.485 e. The Bertz CT molecular complexity index is 1080. The number of aromatic nitrogens is 1. The monoisotopic (exact) mass is 355 g/mol. The van der Waals surface area contributed by atoms with Crippen LogP contribution in [0.25, 0.3) is 10.9 Å². The third kappa shape index (κ3) is 3.93. The van der Waals surface area contributed by atoms with Crippen molar-refractivity contribution in [3.05, 3.63) is 90.6 Å². The number of H-pyrrole nitrogens is 1. The zero-order valence-electron chi connectivity index (χ0n) is 14.5. The number of carbonyl (C=O) groups excluding carboxylic acids is 1. The molecule has 0 radical (unpaired) electrons. The Morgan fingerprint density at radius 3 is 2.26 bits per heavy atom. The van der Waals surface area contributed by atoms with Gasteiger partial charge in [-0.25, -0.2) is 0 Å². The minimum atomic E-state index is -0.0692. The highest BCUT2D eigenvalue weighted by Gasteiger charge is 2.12. The lowest BCUT2D eigenvalue weighted by Gasteiger charge is -2.05. The molecule has 0 aliphatic rings. The van der Waals surface area contributed by atoms with Crippen molar-refractivity contribution in [1.29, 1.82) is 0 Å². The molecule has 1 N–H and O–H groups in total. The van der Waals surface area contributed by atoms with E-state index in [0.29, 0.717) is 17.0 Å². The van der Waals surface area contributed by atoms with E-state index >= 15 is 0 Å². The standard InChI is InChI=1S/C22H17N3O2/c26-22(20-14-23-21-9-5-4-8-19(20)21)15-27-18-12-10-17(11-13-18)25-24-16-6-2-1-3-7-16/h1-14,23H,15H2. The fraction of sp³-hybridized carbons (Fsp3) is 0.0455. The largest absolute Gasteiger partial charge is 0.485 e. The first-order chi connectivity index (χ1) is 13.3. The Balaban J connectivity index is 1.39. The fourth-order valence-electron chi connectivity index (χ4n) is 2.75. The Kier molecular flexibility index (Phi) is 4.74. The molecule has 0 aliphatic carbocycles. The van der Waals surface area contributed by atoms with E-state index in [-0.39, 0.29) is 12.4 Å². The van der Waals surface area contributed by atoms with E-state index in [1.807, 2.05) is 54.6 Å². The second-order valence-electron chi connectivity index (χ2n) is 5.99. The first-order valence-electron chi connectivity index (χ1n) is 8.58. The number of para-hydroxylation sites is 1. The van der Waals surface area contributed by atoms with Crippen molar-refractivity contribution in [1.82, 2.24) is 4.98 Å². The molecule has 0 unspecified atom stereocenters. The molecule has 27 heavy (non-hydrogen) atoms. The number of hydrogen-bond donors (Lipinski definition) is 1. The topological polar surface area (TPSA) is 66.8 Å². The normalized spacial score (nSPS) is 11.1. The number of ether oxygens (including phenoxy) is 1. The molecule has 0 saturated carbocycles. The molecule has 5 heteroatoms. The van der Waals surface area contributed by atoms with Gasteiger partial charge < -0.3 is 9.72 Å². The first kappa shape index (κ1) is 16.7. The molecule has 0 aliphatic heterocycles. The van der Waals surface area contributed by atoms with Crippen LogP contribution in [0.4, 0.5) is 11.4 Å². The van der Waals surface area contributed by atoms with E-state index in [0.717, 1.165) is 16.6 Å². The van der Waals surface area contributed by atoms with E-state index in [2.05, 4.69) is 15.2 Å². The second kappa shape index (κ2) is 7.66. The summed E-state index contributed by atoms with van der Waals surface area (Å²) in [4.78, 5) is 15.5. The number of hydrogen-bond acceptors (Lipinski definition) is 4. The van der Waals surface area contributed by atoms with E-state index in [4.69, 9.17) is 4.74 Å². The number of azo groups is 1. The van der Waals surface area contributed by atoms with Crippen LogP contribution in [0, 0.1) is 0 Å². The summed E-state index contributed by atoms with van der Waals surface area (Å²) < 4.78 is 5.62. The van der Waals surface area contributed by atoms with Crippen LogP contribution in [0.3, 0.4) is 0 Å². The van der Waals surface area contributed by atoms with Crippen LogP contribution in [0.5, 0.6) is 5.75 Å². The van der Waals surface area contributed by atoms with E-state index < -0.39 is 0 Å². The molecule has 5 nitrogen and oxygen atoms in total. The Hall–Kier alpha value is -3.73. The molecule has 1 heterocycles. The molecule has 0 atom stereocenters. The van der Waals surface area contributed by atoms with Gasteiger partial charge >= 0.3 is 0 Å². The zero-order valence-corrected chi connectivity index (χ0v) is 14.5. The molecule has 0 amide bonds. The van der Waals surface area contributed by atoms with Crippen LogP contribution in [-0.2, 0) is 0 Å². The number of nitrogens with zero attached hydrogens (tertiary/aromatic N) is 2. The third-order valence-electron chi connectivity index (χ3n) is 4.13. The molecule has 0 fully saturated rings. The van der Waals surface area contributed by atoms with Crippen molar-refractivity contribution >= 4 is 28.1 Å². The number of rotatable bonds is 6. The fourth-order valence-corrected chi connectivity index (χ4v) is 2.75. The van der Waals surface area contributed by atoms with Gasteiger partial charge in [-0.1, -0.05) is 36.4 Å². The van der Waals surface area contributed by atoms with Crippen molar-refractivity contribution in [2.45, 2.75) is 0 Å². The summed E-state index contributed by atoms with van der Waals surface area (Å²) in [6.45, 7) is -0.0211. The van der Waals surface area contributed by atoms with E-state index in [9.17, 15) is 4.79 Å². The van der Waals surface area contributed by atoms with Crippen molar-refractivity contribution in [3.8, 4) is 5.75 Å². The summed E-state index contributed by atoms with van der Waals surface area (Å²) >= 11 is 0. The van der Waals surface area contributed by atoms with Gasteiger partial charge in [-0.2, -0.15) is 10.2 Å². The average molecular weight is 355 g/mol. The lowest BCUT2D eigenvalue weighted by molar-refractivity contribution is 0.0923. The van der Waals surface area contributed by atoms with Crippen molar-refractivity contribution < 1.29 is 9.53 Å². The summed E-state index contributed by atoms with van der Waals surface area (Å²) in [6.07, 6.45) is 1.73. The maximum atomic E-state index is 12.4. The molecule has 0 spiro atoms. The molecule has 1 aromatic heterocycles. The summed E-state index contributed by atoms with van der Waals surface area (Å²) in [5.74, 6) is 0.544. The number of ketones is 1. The Morgan fingerprint density at radius 1 is 0.815 bits per heavy atom. The second-order valence-corrected chi connectivity index (χ2v) is 5.99. The minimum absolute atomic E-state index is 0.0211. The van der Waals surface area contributed by atoms with Gasteiger partial charge in [0.2, 0.25) is 5.78 Å². The van der Waals surface area contributed by atoms with Crippen LogP contribution in [-0.4, -0.2) is 17.4 Å².